The van der Waals surface area contributed by atoms with Crippen LogP contribution in [0.1, 0.15) is 0 Å². The molecule has 0 unspecified atom stereocenters. The summed E-state index contributed by atoms with van der Waals surface area (Å²) in [5.74, 6) is 0. The largest absolute Gasteiger partial charge is 0.0800 e. The highest BCUT2D eigenvalue weighted by Gasteiger charge is 2.04. The Morgan fingerprint density at radius 3 is 1.86 bits per heavy atom. The smallest absolute Gasteiger partial charge is 0.0399 e. The Labute approximate surface area is 105 Å². The van der Waals surface area contributed by atoms with Crippen LogP contribution in [-0.4, -0.2) is 4.86 Å². The molecule has 2 rings (SSSR count). The van der Waals surface area contributed by atoms with Crippen LogP contribution in [0.4, 0.5) is 0 Å². The lowest BCUT2D eigenvalue weighted by Crippen LogP contribution is -1.83. The minimum Gasteiger partial charge on any atom is -0.0800 e. The van der Waals surface area contributed by atoms with Gasteiger partial charge in [-0.2, -0.15) is 0 Å². The van der Waals surface area contributed by atoms with Gasteiger partial charge in [-0.05, 0) is 35.1 Å². The minimum absolute atomic E-state index is 0.898. The molecule has 0 fully saturated rings. The molecule has 0 N–H and O–H groups in total. The third-order valence-electron chi connectivity index (χ3n) is 1.43. The van der Waals surface area contributed by atoms with Crippen molar-refractivity contribution in [1.82, 2.24) is 0 Å². The Kier molecular flexibility index (Phi) is 4.31. The predicted octanol–water partition coefficient (Wildman–Crippen LogP) is 4.94. The van der Waals surface area contributed by atoms with E-state index in [1.54, 1.807) is 43.2 Å². The first-order valence-electron chi connectivity index (χ1n) is 3.82. The summed E-state index contributed by atoms with van der Waals surface area (Å²) in [6.07, 6.45) is 8.26. The van der Waals surface area contributed by atoms with E-state index in [4.69, 9.17) is 12.2 Å². The minimum atomic E-state index is 0.898. The molecule has 5 heteroatoms. The van der Waals surface area contributed by atoms with Crippen LogP contribution < -0.4 is 0 Å². The van der Waals surface area contributed by atoms with Gasteiger partial charge in [-0.3, -0.25) is 0 Å². The topological polar surface area (TPSA) is 0 Å². The van der Waals surface area contributed by atoms with Crippen molar-refractivity contribution in [2.75, 3.05) is 0 Å². The van der Waals surface area contributed by atoms with Gasteiger partial charge in [-0.15, -0.1) is 0 Å². The second-order valence-electron chi connectivity index (χ2n) is 2.46. The van der Waals surface area contributed by atoms with E-state index in [-0.39, 0.29) is 0 Å². The molecule has 14 heavy (non-hydrogen) atoms. The average Bonchev–Trinajstić information content (AvgIpc) is 2.76. The summed E-state index contributed by atoms with van der Waals surface area (Å²) in [5.41, 5.74) is 0. The van der Waals surface area contributed by atoms with Gasteiger partial charge in [-0.1, -0.05) is 55.4 Å². The lowest BCUT2D eigenvalue weighted by Gasteiger charge is -1.93. The normalized spacial score (nSPS) is 25.4. The van der Waals surface area contributed by atoms with Gasteiger partial charge in [0, 0.05) is 14.7 Å². The average molecular weight is 274 g/mol. The fourth-order valence-corrected chi connectivity index (χ4v) is 4.74. The molecule has 2 aliphatic rings. The van der Waals surface area contributed by atoms with Crippen molar-refractivity contribution < 1.29 is 0 Å². The third kappa shape index (κ3) is 3.24. The predicted molar refractivity (Wildman–Crippen MR) is 77.4 cm³/mol. The van der Waals surface area contributed by atoms with Crippen molar-refractivity contribution in [3.8, 4) is 0 Å². The van der Waals surface area contributed by atoms with E-state index in [1.165, 1.54) is 9.81 Å². The number of hydrogen-bond acceptors (Lipinski definition) is 5. The van der Waals surface area contributed by atoms with Crippen molar-refractivity contribution in [3.05, 3.63) is 44.9 Å². The van der Waals surface area contributed by atoms with Crippen LogP contribution in [0.3, 0.4) is 0 Å². The van der Waals surface area contributed by atoms with Gasteiger partial charge in [0.15, 0.2) is 0 Å². The fraction of sp³-hybridized carbons (Fsp3) is 0. The van der Waals surface area contributed by atoms with Crippen LogP contribution in [0.15, 0.2) is 44.9 Å². The summed E-state index contributed by atoms with van der Waals surface area (Å²) in [7, 11) is 6.96. The SMILES string of the molecule is S=C(/C=C1\C=CSS1)/C=C1\C=CSS1. The van der Waals surface area contributed by atoms with E-state index >= 15 is 0 Å². The van der Waals surface area contributed by atoms with E-state index in [0.717, 1.165) is 4.86 Å². The van der Waals surface area contributed by atoms with E-state index in [1.807, 2.05) is 12.2 Å². The van der Waals surface area contributed by atoms with Crippen LogP contribution in [0.5, 0.6) is 0 Å². The molecule has 0 atom stereocenters. The molecule has 0 spiro atoms. The zero-order valence-electron chi connectivity index (χ0n) is 7.01. The standard InChI is InChI=1S/C9H6S5/c10-7(5-8-1-3-11-13-8)6-9-2-4-12-14-9/h1-6H/b8-5+,9-6+. The number of thiocarbonyl (C=S) groups is 1. The van der Waals surface area contributed by atoms with Crippen LogP contribution in [0.25, 0.3) is 0 Å². The van der Waals surface area contributed by atoms with E-state index in [0.29, 0.717) is 0 Å². The van der Waals surface area contributed by atoms with Crippen LogP contribution in [0, 0.1) is 0 Å². The summed E-state index contributed by atoms with van der Waals surface area (Å²) in [4.78, 5) is 3.36. The van der Waals surface area contributed by atoms with Gasteiger partial charge in [0.1, 0.15) is 0 Å². The molecule has 0 saturated carbocycles. The van der Waals surface area contributed by atoms with Gasteiger partial charge >= 0.3 is 0 Å². The van der Waals surface area contributed by atoms with Crippen molar-refractivity contribution in [3.63, 3.8) is 0 Å². The first kappa shape index (κ1) is 11.0. The van der Waals surface area contributed by atoms with E-state index in [9.17, 15) is 0 Å². The molecular formula is C9H6S5. The molecule has 0 bridgehead atoms. The molecule has 0 radical (unpaired) electrons. The number of rotatable bonds is 2. The highest BCUT2D eigenvalue weighted by molar-refractivity contribution is 8.80. The monoisotopic (exact) mass is 274 g/mol. The molecule has 0 aromatic rings. The Balaban J connectivity index is 2.02. The Morgan fingerprint density at radius 1 is 1.00 bits per heavy atom. The maximum atomic E-state index is 5.26. The highest BCUT2D eigenvalue weighted by atomic mass is 33.1. The lowest BCUT2D eigenvalue weighted by atomic mass is 10.3. The first-order valence-corrected chi connectivity index (χ1v) is 8.65. The number of hydrogen-bond donors (Lipinski definition) is 0. The van der Waals surface area contributed by atoms with Gasteiger partial charge in [0.05, 0.1) is 0 Å². The molecule has 0 aromatic carbocycles. The maximum absolute atomic E-state index is 5.26. The summed E-state index contributed by atoms with van der Waals surface area (Å²) < 4.78 is 0. The van der Waals surface area contributed by atoms with Crippen molar-refractivity contribution >= 4 is 60.3 Å². The maximum Gasteiger partial charge on any atom is 0.0399 e. The van der Waals surface area contributed by atoms with Crippen molar-refractivity contribution in [2.45, 2.75) is 0 Å². The Morgan fingerprint density at radius 2 is 1.50 bits per heavy atom. The molecule has 0 aromatic heterocycles. The molecule has 72 valence electrons. The van der Waals surface area contributed by atoms with Gasteiger partial charge in [0.2, 0.25) is 0 Å². The molecule has 2 heterocycles. The van der Waals surface area contributed by atoms with Gasteiger partial charge in [0.25, 0.3) is 0 Å². The second-order valence-corrected chi connectivity index (χ2v) is 7.29. The van der Waals surface area contributed by atoms with Crippen LogP contribution >= 0.6 is 55.4 Å². The molecule has 0 nitrogen and oxygen atoms in total. The number of allylic oxidation sites excluding steroid dienone is 4. The van der Waals surface area contributed by atoms with E-state index < -0.39 is 0 Å². The summed E-state index contributed by atoms with van der Waals surface area (Å²) in [5, 5.41) is 4.15. The fourth-order valence-electron chi connectivity index (χ4n) is 0.878. The molecular weight excluding hydrogens is 268 g/mol. The van der Waals surface area contributed by atoms with Crippen molar-refractivity contribution in [2.24, 2.45) is 0 Å². The Hall–Kier alpha value is 0.450. The summed E-state index contributed by atoms with van der Waals surface area (Å²) in [6.45, 7) is 0. The lowest BCUT2D eigenvalue weighted by molar-refractivity contribution is 1.96. The quantitative estimate of drug-likeness (QED) is 0.396. The second kappa shape index (κ2) is 5.51. The molecule has 0 amide bonds. The summed E-state index contributed by atoms with van der Waals surface area (Å²) in [6, 6.07) is 0. The zero-order chi connectivity index (χ0) is 9.80. The summed E-state index contributed by atoms with van der Waals surface area (Å²) >= 11 is 5.26. The molecule has 2 aliphatic heterocycles. The molecule has 0 aliphatic carbocycles. The third-order valence-corrected chi connectivity index (χ3v) is 5.65. The first-order chi connectivity index (χ1) is 6.84. The van der Waals surface area contributed by atoms with Gasteiger partial charge < -0.3 is 0 Å². The molecule has 0 saturated heterocycles. The Bertz CT molecular complexity index is 327. The van der Waals surface area contributed by atoms with Crippen molar-refractivity contribution in [1.29, 1.82) is 0 Å². The highest BCUT2D eigenvalue weighted by Crippen LogP contribution is 2.40. The van der Waals surface area contributed by atoms with Crippen LogP contribution in [0.2, 0.25) is 0 Å². The zero-order valence-corrected chi connectivity index (χ0v) is 11.1. The van der Waals surface area contributed by atoms with Gasteiger partial charge in [-0.25, -0.2) is 0 Å². The van der Waals surface area contributed by atoms with E-state index in [2.05, 4.69) is 23.0 Å². The van der Waals surface area contributed by atoms with Crippen LogP contribution in [-0.2, 0) is 0 Å².